The number of para-hydroxylation sites is 1. The van der Waals surface area contributed by atoms with E-state index >= 15 is 0 Å². The second kappa shape index (κ2) is 11.7. The first-order chi connectivity index (χ1) is 18.2. The van der Waals surface area contributed by atoms with Crippen LogP contribution >= 0.6 is 0 Å². The minimum Gasteiger partial charge on any atom is -0.495 e. The minimum atomic E-state index is -4.18. The minimum absolute atomic E-state index is 0.0222. The molecule has 0 spiro atoms. The normalized spacial score (nSPS) is 13.8. The highest BCUT2D eigenvalue weighted by molar-refractivity contribution is 7.93. The molecular formula is C28H32FN3O5S. The Bertz CT molecular complexity index is 1370. The zero-order valence-corrected chi connectivity index (χ0v) is 22.6. The average Bonchev–Trinajstić information content (AvgIpc) is 2.92. The van der Waals surface area contributed by atoms with Crippen molar-refractivity contribution in [3.63, 3.8) is 0 Å². The summed E-state index contributed by atoms with van der Waals surface area (Å²) in [7, 11) is -2.77. The van der Waals surface area contributed by atoms with Crippen molar-refractivity contribution in [2.45, 2.75) is 18.7 Å². The number of hydrogen-bond donors (Lipinski definition) is 0. The molecule has 1 saturated heterocycles. The number of rotatable bonds is 9. The van der Waals surface area contributed by atoms with E-state index in [0.717, 1.165) is 9.87 Å². The van der Waals surface area contributed by atoms with Crippen molar-refractivity contribution in [3.8, 4) is 11.5 Å². The molecule has 202 valence electrons. The molecule has 1 amide bonds. The third kappa shape index (κ3) is 5.85. The van der Waals surface area contributed by atoms with Gasteiger partial charge in [-0.3, -0.25) is 9.10 Å². The van der Waals surface area contributed by atoms with Crippen molar-refractivity contribution in [1.29, 1.82) is 0 Å². The molecule has 3 aromatic rings. The monoisotopic (exact) mass is 541 g/mol. The zero-order chi connectivity index (χ0) is 27.3. The van der Waals surface area contributed by atoms with Gasteiger partial charge >= 0.3 is 0 Å². The fraction of sp³-hybridized carbons (Fsp3) is 0.321. The van der Waals surface area contributed by atoms with Crippen molar-refractivity contribution in [3.05, 3.63) is 78.1 Å². The molecule has 1 heterocycles. The Morgan fingerprint density at radius 1 is 1.00 bits per heavy atom. The number of carbonyl (C=O) groups excluding carboxylic acids is 1. The Morgan fingerprint density at radius 2 is 1.68 bits per heavy atom. The first-order valence-electron chi connectivity index (χ1n) is 12.4. The Labute approximate surface area is 223 Å². The van der Waals surface area contributed by atoms with Crippen molar-refractivity contribution >= 4 is 27.3 Å². The molecule has 0 aliphatic carbocycles. The van der Waals surface area contributed by atoms with E-state index < -0.39 is 16.6 Å². The topological polar surface area (TPSA) is 79.4 Å². The summed E-state index contributed by atoms with van der Waals surface area (Å²) >= 11 is 0. The van der Waals surface area contributed by atoms with Crippen LogP contribution in [0.15, 0.2) is 71.6 Å². The third-order valence-electron chi connectivity index (χ3n) is 6.43. The van der Waals surface area contributed by atoms with Gasteiger partial charge in [0.05, 0.1) is 25.1 Å². The molecule has 0 radical (unpaired) electrons. The summed E-state index contributed by atoms with van der Waals surface area (Å²) < 4.78 is 54.1. The van der Waals surface area contributed by atoms with Gasteiger partial charge < -0.3 is 19.3 Å². The van der Waals surface area contributed by atoms with E-state index in [-0.39, 0.29) is 22.4 Å². The van der Waals surface area contributed by atoms with E-state index in [0.29, 0.717) is 49.9 Å². The molecule has 0 atom stereocenters. The lowest BCUT2D eigenvalue weighted by molar-refractivity contribution is -0.129. The number of hydrogen-bond acceptors (Lipinski definition) is 6. The standard InChI is InChI=1S/C28H32FN3O5S/c1-4-37-23-12-10-22(11-13-23)32(38(34,35)27-19-21(2)9-14-26(27)36-3)20-28(33)31-17-15-30(16-18-31)25-8-6-5-7-24(25)29/h5-14,19H,4,15-18,20H2,1-3H3. The van der Waals surface area contributed by atoms with E-state index in [1.54, 1.807) is 66.4 Å². The summed E-state index contributed by atoms with van der Waals surface area (Å²) in [6, 6.07) is 18.0. The summed E-state index contributed by atoms with van der Waals surface area (Å²) in [4.78, 5) is 16.9. The highest BCUT2D eigenvalue weighted by Gasteiger charge is 2.32. The van der Waals surface area contributed by atoms with Gasteiger partial charge in [-0.05, 0) is 67.9 Å². The molecule has 0 bridgehead atoms. The Kier molecular flexibility index (Phi) is 8.41. The van der Waals surface area contributed by atoms with Gasteiger partial charge in [-0.2, -0.15) is 0 Å². The molecule has 0 aromatic heterocycles. The van der Waals surface area contributed by atoms with Crippen LogP contribution < -0.4 is 18.7 Å². The maximum atomic E-state index is 14.2. The van der Waals surface area contributed by atoms with Crippen molar-refractivity contribution < 1.29 is 27.1 Å². The molecule has 1 aliphatic heterocycles. The lowest BCUT2D eigenvalue weighted by Crippen LogP contribution is -2.52. The molecule has 1 fully saturated rings. The summed E-state index contributed by atoms with van der Waals surface area (Å²) in [6.45, 7) is 5.30. The van der Waals surface area contributed by atoms with Crippen LogP contribution in [0, 0.1) is 12.7 Å². The largest absolute Gasteiger partial charge is 0.495 e. The molecule has 10 heteroatoms. The fourth-order valence-electron chi connectivity index (χ4n) is 4.42. The number of benzene rings is 3. The molecule has 1 aliphatic rings. The molecule has 0 unspecified atom stereocenters. The predicted molar refractivity (Wildman–Crippen MR) is 145 cm³/mol. The predicted octanol–water partition coefficient (Wildman–Crippen LogP) is 4.09. The summed E-state index contributed by atoms with van der Waals surface area (Å²) in [5, 5.41) is 0. The van der Waals surface area contributed by atoms with E-state index in [2.05, 4.69) is 0 Å². The number of ether oxygens (including phenoxy) is 2. The number of piperazine rings is 1. The van der Waals surface area contributed by atoms with E-state index in [1.165, 1.54) is 19.2 Å². The van der Waals surface area contributed by atoms with Crippen LogP contribution in [0.1, 0.15) is 12.5 Å². The summed E-state index contributed by atoms with van der Waals surface area (Å²) in [5.74, 6) is 0.129. The second-order valence-electron chi connectivity index (χ2n) is 8.91. The number of carbonyl (C=O) groups is 1. The zero-order valence-electron chi connectivity index (χ0n) is 21.8. The van der Waals surface area contributed by atoms with E-state index in [4.69, 9.17) is 9.47 Å². The first kappa shape index (κ1) is 27.3. The van der Waals surface area contributed by atoms with Crippen molar-refractivity contribution in [2.75, 3.05) is 55.6 Å². The number of halogens is 1. The smallest absolute Gasteiger partial charge is 0.268 e. The van der Waals surface area contributed by atoms with Gasteiger partial charge in [0.1, 0.15) is 28.8 Å². The van der Waals surface area contributed by atoms with Crippen LogP contribution in [-0.4, -0.2) is 65.7 Å². The van der Waals surface area contributed by atoms with Gasteiger partial charge in [0.15, 0.2) is 0 Å². The van der Waals surface area contributed by atoms with Crippen LogP contribution in [-0.2, 0) is 14.8 Å². The van der Waals surface area contributed by atoms with Gasteiger partial charge in [0.25, 0.3) is 10.0 Å². The van der Waals surface area contributed by atoms with Gasteiger partial charge in [-0.15, -0.1) is 0 Å². The lowest BCUT2D eigenvalue weighted by atomic mass is 10.2. The number of nitrogens with zero attached hydrogens (tertiary/aromatic N) is 3. The van der Waals surface area contributed by atoms with Crippen LogP contribution in [0.2, 0.25) is 0 Å². The van der Waals surface area contributed by atoms with Gasteiger partial charge in [-0.1, -0.05) is 18.2 Å². The number of aryl methyl sites for hydroxylation is 1. The number of methoxy groups -OCH3 is 1. The van der Waals surface area contributed by atoms with Gasteiger partial charge in [0, 0.05) is 26.2 Å². The Morgan fingerprint density at radius 3 is 2.32 bits per heavy atom. The van der Waals surface area contributed by atoms with Crippen LogP contribution in [0.4, 0.5) is 15.8 Å². The molecule has 8 nitrogen and oxygen atoms in total. The third-order valence-corrected chi connectivity index (χ3v) is 8.22. The number of sulfonamides is 1. The van der Waals surface area contributed by atoms with E-state index in [1.807, 2.05) is 11.8 Å². The van der Waals surface area contributed by atoms with Crippen molar-refractivity contribution in [1.82, 2.24) is 4.90 Å². The van der Waals surface area contributed by atoms with Gasteiger partial charge in [-0.25, -0.2) is 12.8 Å². The molecule has 38 heavy (non-hydrogen) atoms. The summed E-state index contributed by atoms with van der Waals surface area (Å²) in [6.07, 6.45) is 0. The van der Waals surface area contributed by atoms with Crippen molar-refractivity contribution in [2.24, 2.45) is 0 Å². The van der Waals surface area contributed by atoms with E-state index in [9.17, 15) is 17.6 Å². The maximum absolute atomic E-state index is 14.2. The quantitative estimate of drug-likeness (QED) is 0.406. The molecular weight excluding hydrogens is 509 g/mol. The maximum Gasteiger partial charge on any atom is 0.268 e. The molecule has 3 aromatic carbocycles. The SMILES string of the molecule is CCOc1ccc(N(CC(=O)N2CCN(c3ccccc3F)CC2)S(=O)(=O)c2cc(C)ccc2OC)cc1. The average molecular weight is 542 g/mol. The molecule has 0 saturated carbocycles. The fourth-order valence-corrected chi connectivity index (χ4v) is 6.08. The Hall–Kier alpha value is -3.79. The number of amides is 1. The second-order valence-corrected chi connectivity index (χ2v) is 10.7. The molecule has 0 N–H and O–H groups in total. The summed E-state index contributed by atoms with van der Waals surface area (Å²) in [5.41, 5.74) is 1.56. The number of anilines is 2. The highest BCUT2D eigenvalue weighted by atomic mass is 32.2. The van der Waals surface area contributed by atoms with Crippen LogP contribution in [0.3, 0.4) is 0 Å². The molecule has 4 rings (SSSR count). The van der Waals surface area contributed by atoms with Crippen LogP contribution in [0.25, 0.3) is 0 Å². The highest BCUT2D eigenvalue weighted by Crippen LogP contribution is 2.32. The van der Waals surface area contributed by atoms with Gasteiger partial charge in [0.2, 0.25) is 5.91 Å². The van der Waals surface area contributed by atoms with Crippen LogP contribution in [0.5, 0.6) is 11.5 Å². The Balaban J connectivity index is 1.60. The lowest BCUT2D eigenvalue weighted by Gasteiger charge is -2.37. The first-order valence-corrected chi connectivity index (χ1v) is 13.9.